The first-order valence-electron chi connectivity index (χ1n) is 9.32. The molecule has 0 saturated carbocycles. The molecule has 0 spiro atoms. The zero-order chi connectivity index (χ0) is 21.4. The van der Waals surface area contributed by atoms with Gasteiger partial charge in [-0.3, -0.25) is 14.5 Å². The number of hydrogen-bond donors (Lipinski definition) is 0. The maximum Gasteiger partial charge on any atom is 0.305 e. The van der Waals surface area contributed by atoms with Gasteiger partial charge in [0.1, 0.15) is 4.32 Å². The maximum atomic E-state index is 12.7. The van der Waals surface area contributed by atoms with Gasteiger partial charge in [-0.25, -0.2) is 0 Å². The molecule has 1 fully saturated rings. The summed E-state index contributed by atoms with van der Waals surface area (Å²) in [6.45, 7) is 5.12. The summed E-state index contributed by atoms with van der Waals surface area (Å²) in [6, 6.07) is 3.70. The lowest BCUT2D eigenvalue weighted by molar-refractivity contribution is -0.143. The van der Waals surface area contributed by atoms with Gasteiger partial charge in [-0.2, -0.15) is 0 Å². The van der Waals surface area contributed by atoms with Gasteiger partial charge in [0.05, 0.1) is 29.7 Å². The van der Waals surface area contributed by atoms with Crippen molar-refractivity contribution in [1.82, 2.24) is 4.90 Å². The molecule has 1 aromatic rings. The third-order valence-corrected chi connectivity index (χ3v) is 5.91. The Kier molecular flexibility index (Phi) is 9.45. The van der Waals surface area contributed by atoms with Crippen LogP contribution in [0, 0.1) is 0 Å². The lowest BCUT2D eigenvalue weighted by atomic mass is 10.1. The summed E-state index contributed by atoms with van der Waals surface area (Å²) in [4.78, 5) is 26.3. The molecule has 0 bridgehead atoms. The van der Waals surface area contributed by atoms with Crippen LogP contribution in [0.25, 0.3) is 6.08 Å². The number of amides is 1. The van der Waals surface area contributed by atoms with Gasteiger partial charge in [0.25, 0.3) is 5.91 Å². The molecule has 0 aliphatic carbocycles. The molecular weight excluding hydrogens is 478 g/mol. The number of benzene rings is 1. The fraction of sp³-hybridized carbons (Fsp3) is 0.450. The Hall–Kier alpha value is -1.58. The van der Waals surface area contributed by atoms with Crippen LogP contribution in [0.15, 0.2) is 21.5 Å². The number of esters is 1. The van der Waals surface area contributed by atoms with Crippen molar-refractivity contribution < 1.29 is 23.8 Å². The van der Waals surface area contributed by atoms with E-state index in [0.29, 0.717) is 46.9 Å². The van der Waals surface area contributed by atoms with Crippen LogP contribution in [-0.4, -0.2) is 48.0 Å². The predicted molar refractivity (Wildman–Crippen MR) is 122 cm³/mol. The fourth-order valence-corrected chi connectivity index (χ4v) is 4.51. The molecule has 1 heterocycles. The molecule has 9 heteroatoms. The molecule has 0 unspecified atom stereocenters. The molecule has 2 rings (SSSR count). The minimum Gasteiger partial charge on any atom is -0.493 e. The number of carbonyl (C=O) groups excluding carboxylic acids is 2. The number of halogens is 1. The van der Waals surface area contributed by atoms with Crippen molar-refractivity contribution in [3.8, 4) is 11.5 Å². The third kappa shape index (κ3) is 6.45. The minimum absolute atomic E-state index is 0.162. The highest BCUT2D eigenvalue weighted by atomic mass is 79.9. The molecule has 1 aliphatic rings. The van der Waals surface area contributed by atoms with Crippen LogP contribution in [0.2, 0.25) is 0 Å². The average molecular weight is 502 g/mol. The van der Waals surface area contributed by atoms with E-state index in [1.165, 1.54) is 16.7 Å². The second-order valence-corrected chi connectivity index (χ2v) is 8.65. The maximum absolute atomic E-state index is 12.7. The van der Waals surface area contributed by atoms with Gasteiger partial charge in [-0.15, -0.1) is 0 Å². The van der Waals surface area contributed by atoms with E-state index in [2.05, 4.69) is 15.9 Å². The van der Waals surface area contributed by atoms with E-state index in [-0.39, 0.29) is 18.3 Å². The Balaban J connectivity index is 2.12. The monoisotopic (exact) mass is 501 g/mol. The van der Waals surface area contributed by atoms with E-state index in [0.717, 1.165) is 16.5 Å². The summed E-state index contributed by atoms with van der Waals surface area (Å²) < 4.78 is 17.3. The second kappa shape index (κ2) is 11.6. The van der Waals surface area contributed by atoms with Gasteiger partial charge in [-0.1, -0.05) is 30.9 Å². The molecule has 1 aromatic carbocycles. The summed E-state index contributed by atoms with van der Waals surface area (Å²) in [7, 11) is 1.58. The van der Waals surface area contributed by atoms with E-state index in [9.17, 15) is 9.59 Å². The standard InChI is InChI=1S/C20H24BrNO5S2/c1-4-9-27-18-14(21)10-13(11-15(18)25-3)12-16-19(24)22(20(28)29-16)8-6-7-17(23)26-5-2/h10-12H,4-9H2,1-3H3/b16-12-. The Labute approximate surface area is 189 Å². The van der Waals surface area contributed by atoms with Crippen LogP contribution < -0.4 is 9.47 Å². The number of nitrogens with zero attached hydrogens (tertiary/aromatic N) is 1. The van der Waals surface area contributed by atoms with E-state index in [1.807, 2.05) is 19.1 Å². The van der Waals surface area contributed by atoms with E-state index >= 15 is 0 Å². The molecule has 0 radical (unpaired) electrons. The Morgan fingerprint density at radius 3 is 2.76 bits per heavy atom. The molecule has 0 N–H and O–H groups in total. The van der Waals surface area contributed by atoms with Gasteiger partial charge in [-0.05, 0) is 59.5 Å². The molecule has 1 aliphatic heterocycles. The smallest absolute Gasteiger partial charge is 0.305 e. The van der Waals surface area contributed by atoms with E-state index in [1.54, 1.807) is 20.1 Å². The lowest BCUT2D eigenvalue weighted by Gasteiger charge is -2.14. The number of thioether (sulfide) groups is 1. The molecule has 0 atom stereocenters. The highest BCUT2D eigenvalue weighted by Crippen LogP contribution is 2.39. The fourth-order valence-electron chi connectivity index (χ4n) is 2.63. The normalized spacial score (nSPS) is 15.2. The van der Waals surface area contributed by atoms with Gasteiger partial charge >= 0.3 is 5.97 Å². The van der Waals surface area contributed by atoms with E-state index < -0.39 is 0 Å². The molecule has 158 valence electrons. The predicted octanol–water partition coefficient (Wildman–Crippen LogP) is 4.79. The third-order valence-electron chi connectivity index (χ3n) is 3.94. The molecule has 0 aromatic heterocycles. The largest absolute Gasteiger partial charge is 0.493 e. The van der Waals surface area contributed by atoms with Crippen molar-refractivity contribution in [2.45, 2.75) is 33.1 Å². The number of hydrogen-bond acceptors (Lipinski definition) is 7. The van der Waals surface area contributed by atoms with Gasteiger partial charge < -0.3 is 14.2 Å². The SMILES string of the molecule is CCCOc1c(Br)cc(/C=C2\SC(=S)N(CCCC(=O)OCC)C2=O)cc1OC. The first-order chi connectivity index (χ1) is 13.9. The summed E-state index contributed by atoms with van der Waals surface area (Å²) in [5.74, 6) is 0.795. The topological polar surface area (TPSA) is 65.1 Å². The molecular formula is C20H24BrNO5S2. The second-order valence-electron chi connectivity index (χ2n) is 6.12. The summed E-state index contributed by atoms with van der Waals surface area (Å²) in [6.07, 6.45) is 3.42. The number of carbonyl (C=O) groups is 2. The molecule has 1 saturated heterocycles. The number of rotatable bonds is 10. The van der Waals surface area contributed by atoms with Crippen LogP contribution in [0.3, 0.4) is 0 Å². The first kappa shape index (κ1) is 23.7. The number of methoxy groups -OCH3 is 1. The lowest BCUT2D eigenvalue weighted by Crippen LogP contribution is -2.29. The zero-order valence-corrected chi connectivity index (χ0v) is 19.9. The average Bonchev–Trinajstić information content (AvgIpc) is 2.94. The van der Waals surface area contributed by atoms with Crippen LogP contribution in [0.4, 0.5) is 0 Å². The molecule has 6 nitrogen and oxygen atoms in total. The summed E-state index contributed by atoms with van der Waals surface area (Å²) >= 11 is 10.1. The van der Waals surface area contributed by atoms with Gasteiger partial charge in [0.2, 0.25) is 0 Å². The zero-order valence-electron chi connectivity index (χ0n) is 16.7. The Bertz CT molecular complexity index is 812. The number of ether oxygens (including phenoxy) is 3. The first-order valence-corrected chi connectivity index (χ1v) is 11.3. The number of thiocarbonyl (C=S) groups is 1. The summed E-state index contributed by atoms with van der Waals surface area (Å²) in [5.41, 5.74) is 0.796. The highest BCUT2D eigenvalue weighted by molar-refractivity contribution is 9.10. The van der Waals surface area contributed by atoms with Crippen molar-refractivity contribution in [2.75, 3.05) is 26.9 Å². The van der Waals surface area contributed by atoms with Crippen molar-refractivity contribution in [1.29, 1.82) is 0 Å². The van der Waals surface area contributed by atoms with Crippen molar-refractivity contribution in [3.63, 3.8) is 0 Å². The van der Waals surface area contributed by atoms with Crippen molar-refractivity contribution in [3.05, 3.63) is 27.1 Å². The Morgan fingerprint density at radius 1 is 1.34 bits per heavy atom. The van der Waals surface area contributed by atoms with Crippen LogP contribution in [-0.2, 0) is 14.3 Å². The van der Waals surface area contributed by atoms with Gasteiger partial charge in [0, 0.05) is 13.0 Å². The van der Waals surface area contributed by atoms with Crippen LogP contribution in [0.5, 0.6) is 11.5 Å². The van der Waals surface area contributed by atoms with Gasteiger partial charge in [0.15, 0.2) is 11.5 Å². The highest BCUT2D eigenvalue weighted by Gasteiger charge is 2.31. The van der Waals surface area contributed by atoms with Crippen LogP contribution >= 0.6 is 39.9 Å². The molecule has 1 amide bonds. The molecule has 29 heavy (non-hydrogen) atoms. The minimum atomic E-state index is -0.268. The van der Waals surface area contributed by atoms with Crippen molar-refractivity contribution in [2.24, 2.45) is 0 Å². The van der Waals surface area contributed by atoms with Crippen molar-refractivity contribution >= 4 is 62.2 Å². The van der Waals surface area contributed by atoms with Crippen LogP contribution in [0.1, 0.15) is 38.7 Å². The Morgan fingerprint density at radius 2 is 2.10 bits per heavy atom. The summed E-state index contributed by atoms with van der Waals surface area (Å²) in [5, 5.41) is 0. The quantitative estimate of drug-likeness (QED) is 0.259. The van der Waals surface area contributed by atoms with E-state index in [4.69, 9.17) is 26.4 Å².